The molecule has 2 amide bonds. The van der Waals surface area contributed by atoms with E-state index in [1.807, 2.05) is 79.7 Å². The lowest BCUT2D eigenvalue weighted by atomic mass is 9.97. The number of nitrogens with zero attached hydrogens (tertiary/aromatic N) is 4. The number of hydrogen-bond donors (Lipinski definition) is 1. The average Bonchev–Trinajstić information content (AvgIpc) is 3.26. The van der Waals surface area contributed by atoms with Crippen LogP contribution in [0.1, 0.15) is 21.9 Å². The minimum Gasteiger partial charge on any atom is -0.353 e. The maximum atomic E-state index is 13.8. The van der Waals surface area contributed by atoms with E-state index >= 15 is 0 Å². The quantitative estimate of drug-likeness (QED) is 0.308. The first-order valence-corrected chi connectivity index (χ1v) is 14.6. The Hall–Kier alpha value is -3.59. The summed E-state index contributed by atoms with van der Waals surface area (Å²) in [5.41, 5.74) is 5.44. The molecule has 0 radical (unpaired) electrons. The number of aromatic nitrogens is 2. The van der Waals surface area contributed by atoms with Crippen LogP contribution in [0.4, 0.5) is 5.82 Å². The standard InChI is InChI=1S/C31H32ClN5O2S/c1-21-11-7-8-14-23(21)30-28-29(22-12-5-4-6-13-22)34-37(25-16-10-9-15-24(25)32)31(28)36(27(39)20-40-30)19-26(38)33-17-18-35(2)3/h4-16,30H,17-20H2,1-3H3,(H,33,38). The monoisotopic (exact) mass is 573 g/mol. The van der Waals surface area contributed by atoms with E-state index in [0.717, 1.165) is 27.9 Å². The van der Waals surface area contributed by atoms with Crippen molar-refractivity contribution >= 4 is 41.0 Å². The predicted octanol–water partition coefficient (Wildman–Crippen LogP) is 5.35. The first-order valence-electron chi connectivity index (χ1n) is 13.2. The van der Waals surface area contributed by atoms with Crippen LogP contribution in [0.3, 0.4) is 0 Å². The van der Waals surface area contributed by atoms with Crippen LogP contribution in [-0.2, 0) is 9.59 Å². The van der Waals surface area contributed by atoms with Gasteiger partial charge in [-0.3, -0.25) is 14.5 Å². The summed E-state index contributed by atoms with van der Waals surface area (Å²) in [6.07, 6.45) is 0. The number of carbonyl (C=O) groups excluding carboxylic acids is 2. The zero-order valence-electron chi connectivity index (χ0n) is 22.8. The van der Waals surface area contributed by atoms with Gasteiger partial charge in [-0.2, -0.15) is 5.10 Å². The fourth-order valence-electron chi connectivity index (χ4n) is 4.86. The van der Waals surface area contributed by atoms with Crippen LogP contribution >= 0.6 is 23.4 Å². The van der Waals surface area contributed by atoms with E-state index in [0.29, 0.717) is 29.6 Å². The molecule has 3 aromatic carbocycles. The Balaban J connectivity index is 1.74. The highest BCUT2D eigenvalue weighted by molar-refractivity contribution is 8.00. The number of thioether (sulfide) groups is 1. The van der Waals surface area contributed by atoms with Gasteiger partial charge >= 0.3 is 0 Å². The van der Waals surface area contributed by atoms with Crippen LogP contribution in [0, 0.1) is 6.92 Å². The number of para-hydroxylation sites is 1. The Labute approximate surface area is 244 Å². The highest BCUT2D eigenvalue weighted by Crippen LogP contribution is 2.49. The van der Waals surface area contributed by atoms with Gasteiger partial charge in [0.1, 0.15) is 12.4 Å². The molecule has 0 fully saturated rings. The Morgan fingerprint density at radius 2 is 1.75 bits per heavy atom. The third-order valence-corrected chi connectivity index (χ3v) is 8.43. The summed E-state index contributed by atoms with van der Waals surface area (Å²) in [5, 5.41) is 8.37. The van der Waals surface area contributed by atoms with Crippen LogP contribution in [0.15, 0.2) is 78.9 Å². The predicted molar refractivity (Wildman–Crippen MR) is 163 cm³/mol. The van der Waals surface area contributed by atoms with E-state index in [9.17, 15) is 9.59 Å². The van der Waals surface area contributed by atoms with Gasteiger partial charge < -0.3 is 10.2 Å². The summed E-state index contributed by atoms with van der Waals surface area (Å²) in [6.45, 7) is 3.15. The summed E-state index contributed by atoms with van der Waals surface area (Å²) in [5.74, 6) is 0.402. The first kappa shape index (κ1) is 28.0. The summed E-state index contributed by atoms with van der Waals surface area (Å²) < 4.78 is 1.74. The minimum atomic E-state index is -0.228. The molecule has 40 heavy (non-hydrogen) atoms. The molecule has 1 aliphatic heterocycles. The Kier molecular flexibility index (Phi) is 8.59. The number of benzene rings is 3. The van der Waals surface area contributed by atoms with Crippen LogP contribution in [-0.4, -0.2) is 66.0 Å². The fraction of sp³-hybridized carbons (Fsp3) is 0.258. The van der Waals surface area contributed by atoms with Crippen LogP contribution < -0.4 is 10.2 Å². The molecule has 0 saturated heterocycles. The van der Waals surface area contributed by atoms with Gasteiger partial charge in [0.15, 0.2) is 0 Å². The molecule has 0 saturated carbocycles. The third kappa shape index (κ3) is 5.80. The summed E-state index contributed by atoms with van der Waals surface area (Å²) in [6, 6.07) is 25.6. The second-order valence-corrected chi connectivity index (χ2v) is 11.5. The molecule has 7 nitrogen and oxygen atoms in total. The van der Waals surface area contributed by atoms with Crippen LogP contribution in [0.2, 0.25) is 5.02 Å². The molecule has 0 aliphatic carbocycles. The average molecular weight is 574 g/mol. The summed E-state index contributed by atoms with van der Waals surface area (Å²) in [4.78, 5) is 30.6. The molecular formula is C31H32ClN5O2S. The number of anilines is 1. The number of hydrogen-bond acceptors (Lipinski definition) is 5. The van der Waals surface area contributed by atoms with Crippen molar-refractivity contribution < 1.29 is 9.59 Å². The van der Waals surface area contributed by atoms with E-state index < -0.39 is 0 Å². The largest absolute Gasteiger partial charge is 0.353 e. The lowest BCUT2D eigenvalue weighted by Crippen LogP contribution is -2.43. The normalized spacial score (nSPS) is 15.2. The topological polar surface area (TPSA) is 70.5 Å². The first-order chi connectivity index (χ1) is 19.3. The lowest BCUT2D eigenvalue weighted by Gasteiger charge is -2.24. The van der Waals surface area contributed by atoms with Crippen molar-refractivity contribution in [2.75, 3.05) is 44.4 Å². The van der Waals surface area contributed by atoms with Gasteiger partial charge in [0.2, 0.25) is 11.8 Å². The molecular weight excluding hydrogens is 542 g/mol. The van der Waals surface area contributed by atoms with Gasteiger partial charge in [0, 0.05) is 24.2 Å². The van der Waals surface area contributed by atoms with Crippen molar-refractivity contribution in [2.45, 2.75) is 12.2 Å². The van der Waals surface area contributed by atoms with Crippen molar-refractivity contribution in [1.82, 2.24) is 20.0 Å². The Morgan fingerprint density at radius 3 is 2.48 bits per heavy atom. The molecule has 1 aromatic heterocycles. The van der Waals surface area contributed by atoms with Crippen molar-refractivity contribution in [2.24, 2.45) is 0 Å². The zero-order valence-corrected chi connectivity index (χ0v) is 24.4. The number of aryl methyl sites for hydroxylation is 1. The number of carbonyl (C=O) groups is 2. The highest BCUT2D eigenvalue weighted by atomic mass is 35.5. The second-order valence-electron chi connectivity index (χ2n) is 10.00. The van der Waals surface area contributed by atoms with Gasteiger partial charge in [-0.25, -0.2) is 4.68 Å². The number of rotatable bonds is 8. The van der Waals surface area contributed by atoms with E-state index in [4.69, 9.17) is 16.7 Å². The number of likely N-dealkylation sites (N-methyl/N-ethyl adjacent to an activating group) is 1. The SMILES string of the molecule is Cc1ccccc1C1SCC(=O)N(CC(=O)NCCN(C)C)c2c1c(-c1ccccc1)nn2-c1ccccc1Cl. The molecule has 9 heteroatoms. The highest BCUT2D eigenvalue weighted by Gasteiger charge is 2.38. The third-order valence-electron chi connectivity index (χ3n) is 6.87. The molecule has 0 spiro atoms. The number of fused-ring (bicyclic) bond motifs is 1. The van der Waals surface area contributed by atoms with Crippen LogP contribution in [0.25, 0.3) is 16.9 Å². The van der Waals surface area contributed by atoms with E-state index in [1.54, 1.807) is 27.4 Å². The Morgan fingerprint density at radius 1 is 1.05 bits per heavy atom. The summed E-state index contributed by atoms with van der Waals surface area (Å²) in [7, 11) is 3.90. The Bertz CT molecular complexity index is 1520. The summed E-state index contributed by atoms with van der Waals surface area (Å²) >= 11 is 8.27. The number of amides is 2. The molecule has 206 valence electrons. The van der Waals surface area contributed by atoms with E-state index in [-0.39, 0.29) is 29.4 Å². The van der Waals surface area contributed by atoms with E-state index in [2.05, 4.69) is 24.4 Å². The van der Waals surface area contributed by atoms with Gasteiger partial charge in [0.25, 0.3) is 0 Å². The molecule has 4 aromatic rings. The lowest BCUT2D eigenvalue weighted by molar-refractivity contribution is -0.122. The molecule has 1 unspecified atom stereocenters. The smallest absolute Gasteiger partial charge is 0.240 e. The number of halogens is 1. The second kappa shape index (κ2) is 12.3. The molecule has 5 rings (SSSR count). The minimum absolute atomic E-state index is 0.120. The van der Waals surface area contributed by atoms with Gasteiger partial charge in [-0.15, -0.1) is 11.8 Å². The van der Waals surface area contributed by atoms with E-state index in [1.165, 1.54) is 0 Å². The number of nitrogens with one attached hydrogen (secondary N) is 1. The van der Waals surface area contributed by atoms with Crippen molar-refractivity contribution in [3.05, 3.63) is 101 Å². The van der Waals surface area contributed by atoms with Gasteiger partial charge in [0.05, 0.1) is 27.4 Å². The molecule has 1 aliphatic rings. The molecule has 0 bridgehead atoms. The maximum Gasteiger partial charge on any atom is 0.240 e. The van der Waals surface area contributed by atoms with Crippen molar-refractivity contribution in [3.8, 4) is 16.9 Å². The van der Waals surface area contributed by atoms with Crippen molar-refractivity contribution in [3.63, 3.8) is 0 Å². The molecule has 2 heterocycles. The molecule has 1 atom stereocenters. The van der Waals surface area contributed by atoms with Crippen molar-refractivity contribution in [1.29, 1.82) is 0 Å². The van der Waals surface area contributed by atoms with Crippen LogP contribution in [0.5, 0.6) is 0 Å². The molecule has 1 N–H and O–H groups in total. The van der Waals surface area contributed by atoms with Gasteiger partial charge in [-0.1, -0.05) is 78.3 Å². The maximum absolute atomic E-state index is 13.8. The zero-order chi connectivity index (χ0) is 28.2. The van der Waals surface area contributed by atoms with Gasteiger partial charge in [-0.05, 0) is 44.3 Å². The fourth-order valence-corrected chi connectivity index (χ4v) is 6.37.